The van der Waals surface area contributed by atoms with E-state index in [1.165, 1.54) is 12.1 Å². The molecule has 4 heterocycles. The predicted molar refractivity (Wildman–Crippen MR) is 128 cm³/mol. The second kappa shape index (κ2) is 9.76. The number of ether oxygens (including phenoxy) is 1. The van der Waals surface area contributed by atoms with E-state index in [0.717, 1.165) is 18.3 Å². The number of aliphatic hydroxyl groups excluding tert-OH is 1. The van der Waals surface area contributed by atoms with Crippen LogP contribution in [-0.4, -0.2) is 56.2 Å². The van der Waals surface area contributed by atoms with Crippen molar-refractivity contribution in [3.63, 3.8) is 0 Å². The molecule has 0 bridgehead atoms. The molecule has 0 saturated carbocycles. The number of nitrogens with zero attached hydrogens (tertiary/aromatic N) is 4. The van der Waals surface area contributed by atoms with Gasteiger partial charge in [0.25, 0.3) is 5.91 Å². The van der Waals surface area contributed by atoms with E-state index in [1.807, 2.05) is 0 Å². The normalized spacial score (nSPS) is 18.2. The number of morpholine rings is 1. The minimum atomic E-state index is -4.55. The number of rotatable bonds is 5. The number of nitrogen functional groups attached to an aromatic ring is 1. The van der Waals surface area contributed by atoms with Gasteiger partial charge in [0.2, 0.25) is 0 Å². The van der Waals surface area contributed by atoms with Gasteiger partial charge in [0.1, 0.15) is 34.8 Å². The van der Waals surface area contributed by atoms with E-state index in [-0.39, 0.29) is 29.8 Å². The predicted octanol–water partition coefficient (Wildman–Crippen LogP) is 2.67. The van der Waals surface area contributed by atoms with Crippen LogP contribution in [0.2, 0.25) is 0 Å². The molecule has 1 saturated heterocycles. The third-order valence-electron chi connectivity index (χ3n) is 5.96. The van der Waals surface area contributed by atoms with Crippen LogP contribution in [0.15, 0.2) is 55.0 Å². The van der Waals surface area contributed by atoms with E-state index in [0.29, 0.717) is 35.8 Å². The van der Waals surface area contributed by atoms with Crippen molar-refractivity contribution in [1.29, 1.82) is 0 Å². The molecular weight excluding hydrogens is 491 g/mol. The molecule has 13 heteroatoms. The Morgan fingerprint density at radius 2 is 2.00 bits per heavy atom. The number of amides is 1. The summed E-state index contributed by atoms with van der Waals surface area (Å²) in [6.45, 7) is 0.714. The first-order chi connectivity index (χ1) is 17.7. The van der Waals surface area contributed by atoms with Crippen LogP contribution < -0.4 is 16.4 Å². The molecule has 37 heavy (non-hydrogen) atoms. The van der Waals surface area contributed by atoms with Crippen LogP contribution in [0.5, 0.6) is 0 Å². The van der Waals surface area contributed by atoms with Crippen LogP contribution in [0.4, 0.5) is 24.8 Å². The van der Waals surface area contributed by atoms with E-state index >= 15 is 0 Å². The number of hydrogen-bond acceptors (Lipinski definition) is 8. The molecule has 1 aromatic carbocycles. The Kier molecular flexibility index (Phi) is 6.50. The number of aliphatic hydroxyl groups is 1. The van der Waals surface area contributed by atoms with Gasteiger partial charge in [0, 0.05) is 36.3 Å². The topological polar surface area (TPSA) is 140 Å². The average Bonchev–Trinajstić information content (AvgIpc) is 3.29. The number of alkyl halides is 3. The Morgan fingerprint density at radius 3 is 2.68 bits per heavy atom. The number of benzene rings is 1. The monoisotopic (exact) mass is 513 g/mol. The third-order valence-corrected chi connectivity index (χ3v) is 5.96. The van der Waals surface area contributed by atoms with Crippen LogP contribution in [0.25, 0.3) is 16.8 Å². The number of nitrogens with one attached hydrogen (secondary N) is 2. The zero-order valence-electron chi connectivity index (χ0n) is 19.2. The molecule has 192 valence electrons. The van der Waals surface area contributed by atoms with Gasteiger partial charge in [-0.3, -0.25) is 9.20 Å². The number of aromatic nitrogens is 4. The summed E-state index contributed by atoms with van der Waals surface area (Å²) in [5.41, 5.74) is 7.22. The van der Waals surface area contributed by atoms with Crippen molar-refractivity contribution in [1.82, 2.24) is 24.7 Å². The zero-order chi connectivity index (χ0) is 26.2. The Morgan fingerprint density at radius 1 is 1.22 bits per heavy atom. The molecule has 1 amide bonds. The summed E-state index contributed by atoms with van der Waals surface area (Å²) in [5, 5.41) is 14.9. The fourth-order valence-corrected chi connectivity index (χ4v) is 4.07. The molecular formula is C24H22F3N7O3. The van der Waals surface area contributed by atoms with Gasteiger partial charge in [0.05, 0.1) is 24.8 Å². The maximum Gasteiger partial charge on any atom is 0.416 e. The van der Waals surface area contributed by atoms with Crippen LogP contribution >= 0.6 is 0 Å². The molecule has 0 radical (unpaired) electrons. The van der Waals surface area contributed by atoms with Gasteiger partial charge in [-0.2, -0.15) is 13.2 Å². The highest BCUT2D eigenvalue weighted by Gasteiger charge is 2.31. The average molecular weight is 513 g/mol. The van der Waals surface area contributed by atoms with Crippen molar-refractivity contribution in [3.05, 3.63) is 71.9 Å². The van der Waals surface area contributed by atoms with E-state index in [9.17, 15) is 23.1 Å². The van der Waals surface area contributed by atoms with Gasteiger partial charge in [0.15, 0.2) is 0 Å². The molecule has 5 N–H and O–H groups in total. The third kappa shape index (κ3) is 4.96. The van der Waals surface area contributed by atoms with Gasteiger partial charge in [-0.05, 0) is 24.3 Å². The number of fused-ring (bicyclic) bond motifs is 1. The summed E-state index contributed by atoms with van der Waals surface area (Å²) in [5.74, 6) is 0.0261. The Balaban J connectivity index is 1.41. The highest BCUT2D eigenvalue weighted by Crippen LogP contribution is 2.32. The fourth-order valence-electron chi connectivity index (χ4n) is 4.07. The van der Waals surface area contributed by atoms with Crippen molar-refractivity contribution in [3.8, 4) is 11.3 Å². The number of anilines is 2. The lowest BCUT2D eigenvalue weighted by molar-refractivity contribution is -0.137. The Hall–Kier alpha value is -4.07. The van der Waals surface area contributed by atoms with Crippen molar-refractivity contribution in [2.45, 2.75) is 18.3 Å². The van der Waals surface area contributed by atoms with Crippen molar-refractivity contribution >= 4 is 23.1 Å². The van der Waals surface area contributed by atoms with Crippen molar-refractivity contribution < 1.29 is 27.8 Å². The number of hydrogen-bond donors (Lipinski definition) is 4. The van der Waals surface area contributed by atoms with Gasteiger partial charge in [-0.15, -0.1) is 0 Å². The molecule has 1 aliphatic rings. The number of halogens is 3. The first-order valence-electron chi connectivity index (χ1n) is 11.3. The fraction of sp³-hybridized carbons (Fsp3) is 0.250. The number of imidazole rings is 1. The SMILES string of the molecule is Nc1nccn2c([C@@H]3CN[C@H](CO)CO3)nc(-c3ccc(C(=O)Nc4cc(C(F)(F)F)ccn4)cc3)c12. The smallest absolute Gasteiger partial charge is 0.395 e. The van der Waals surface area contributed by atoms with Gasteiger partial charge >= 0.3 is 6.18 Å². The molecule has 4 aromatic rings. The summed E-state index contributed by atoms with van der Waals surface area (Å²) in [6.07, 6.45) is -0.679. The minimum absolute atomic E-state index is 0.0408. The quantitative estimate of drug-likeness (QED) is 0.319. The maximum atomic E-state index is 12.9. The maximum absolute atomic E-state index is 12.9. The van der Waals surface area contributed by atoms with E-state index in [1.54, 1.807) is 28.9 Å². The number of pyridine rings is 1. The molecule has 2 atom stereocenters. The number of carbonyl (C=O) groups is 1. The molecule has 5 rings (SSSR count). The first-order valence-corrected chi connectivity index (χ1v) is 11.3. The first kappa shape index (κ1) is 24.6. The number of nitrogens with two attached hydrogens (primary N) is 1. The summed E-state index contributed by atoms with van der Waals surface area (Å²) >= 11 is 0. The number of carbonyl (C=O) groups excluding carboxylic acids is 1. The van der Waals surface area contributed by atoms with Gasteiger partial charge in [-0.25, -0.2) is 15.0 Å². The molecule has 0 spiro atoms. The molecule has 1 fully saturated rings. The summed E-state index contributed by atoms with van der Waals surface area (Å²) in [6, 6.07) is 7.82. The van der Waals surface area contributed by atoms with Crippen LogP contribution in [0, 0.1) is 0 Å². The minimum Gasteiger partial charge on any atom is -0.395 e. The van der Waals surface area contributed by atoms with Crippen LogP contribution in [0.1, 0.15) is 27.8 Å². The van der Waals surface area contributed by atoms with E-state index < -0.39 is 23.8 Å². The van der Waals surface area contributed by atoms with Crippen molar-refractivity contribution in [2.24, 2.45) is 0 Å². The summed E-state index contributed by atoms with van der Waals surface area (Å²) < 4.78 is 46.5. The molecule has 1 aliphatic heterocycles. The van der Waals surface area contributed by atoms with Gasteiger partial charge < -0.3 is 26.2 Å². The zero-order valence-corrected chi connectivity index (χ0v) is 19.2. The molecule has 3 aromatic heterocycles. The molecule has 0 aliphatic carbocycles. The molecule has 10 nitrogen and oxygen atoms in total. The second-order valence-electron chi connectivity index (χ2n) is 8.42. The van der Waals surface area contributed by atoms with Crippen molar-refractivity contribution in [2.75, 3.05) is 30.8 Å². The van der Waals surface area contributed by atoms with Gasteiger partial charge in [-0.1, -0.05) is 12.1 Å². The highest BCUT2D eigenvalue weighted by atomic mass is 19.4. The standard InChI is InChI=1S/C24H22F3N7O3/c25-24(26,27)15-5-6-29-18(9-15)32-23(36)14-3-1-13(2-4-14)19-20-21(28)30-7-8-34(20)22(33-19)17-10-31-16(11-35)12-37-17/h1-9,16-17,31,35H,10-12H2,(H2,28,30)(H,29,32,36)/t16-,17+/m1/s1. The Bertz CT molecular complexity index is 1430. The largest absolute Gasteiger partial charge is 0.416 e. The summed E-state index contributed by atoms with van der Waals surface area (Å²) in [4.78, 5) is 25.4. The lowest BCUT2D eigenvalue weighted by atomic mass is 10.1. The lowest BCUT2D eigenvalue weighted by Gasteiger charge is -2.28. The van der Waals surface area contributed by atoms with Crippen LogP contribution in [0.3, 0.4) is 0 Å². The van der Waals surface area contributed by atoms with Crippen LogP contribution in [-0.2, 0) is 10.9 Å². The Labute approximate surface area is 208 Å². The lowest BCUT2D eigenvalue weighted by Crippen LogP contribution is -2.45. The molecule has 0 unspecified atom stereocenters. The summed E-state index contributed by atoms with van der Waals surface area (Å²) in [7, 11) is 0. The second-order valence-corrected chi connectivity index (χ2v) is 8.42. The van der Waals surface area contributed by atoms with E-state index in [4.69, 9.17) is 15.5 Å². The van der Waals surface area contributed by atoms with E-state index in [2.05, 4.69) is 20.6 Å². The highest BCUT2D eigenvalue weighted by molar-refractivity contribution is 6.04.